The Labute approximate surface area is 360 Å². The molecule has 0 aromatic heterocycles. The maximum atomic E-state index is 14.9. The SMILES string of the molecule is C[C@H](NCC(=O)N(CC(=O)N(CC(=O)N(CC(=O)N(CC(N)=O)[C@@H](C)c1ccccc1)[C@@H](C)c1ccccc1)[C@@H](C)c1ccccc1)[C@@H](C)c1ccccc1)c1ccccc1. The summed E-state index contributed by atoms with van der Waals surface area (Å²) < 4.78 is 0. The molecule has 0 bridgehead atoms. The lowest BCUT2D eigenvalue weighted by molar-refractivity contribution is -0.150. The summed E-state index contributed by atoms with van der Waals surface area (Å²) in [5.41, 5.74) is 9.91. The molecule has 3 N–H and O–H groups in total. The molecule has 0 saturated carbocycles. The molecular formula is C50H58N6O5. The van der Waals surface area contributed by atoms with E-state index >= 15 is 0 Å². The number of amides is 5. The molecular weight excluding hydrogens is 765 g/mol. The number of nitrogens with zero attached hydrogens (tertiary/aromatic N) is 4. The second kappa shape index (κ2) is 22.1. The third kappa shape index (κ3) is 12.5. The minimum Gasteiger partial charge on any atom is -0.368 e. The summed E-state index contributed by atoms with van der Waals surface area (Å²) in [5, 5.41) is 3.33. The zero-order valence-electron chi connectivity index (χ0n) is 35.8. The van der Waals surface area contributed by atoms with E-state index in [-0.39, 0.29) is 38.1 Å². The van der Waals surface area contributed by atoms with Gasteiger partial charge in [-0.2, -0.15) is 0 Å². The predicted molar refractivity (Wildman–Crippen MR) is 238 cm³/mol. The fourth-order valence-corrected chi connectivity index (χ4v) is 7.49. The lowest BCUT2D eigenvalue weighted by atomic mass is 10.0. The number of carbonyl (C=O) groups is 5. The summed E-state index contributed by atoms with van der Waals surface area (Å²) in [5.74, 6) is -2.38. The van der Waals surface area contributed by atoms with Crippen LogP contribution in [0.25, 0.3) is 0 Å². The van der Waals surface area contributed by atoms with Gasteiger partial charge in [-0.15, -0.1) is 0 Å². The quantitative estimate of drug-likeness (QED) is 0.0854. The van der Waals surface area contributed by atoms with E-state index in [2.05, 4.69) is 5.32 Å². The number of primary amides is 1. The molecule has 318 valence electrons. The van der Waals surface area contributed by atoms with E-state index in [9.17, 15) is 24.0 Å². The molecule has 0 fully saturated rings. The second-order valence-corrected chi connectivity index (χ2v) is 15.4. The van der Waals surface area contributed by atoms with Crippen LogP contribution in [0, 0.1) is 0 Å². The molecule has 0 saturated heterocycles. The van der Waals surface area contributed by atoms with Gasteiger partial charge in [-0.3, -0.25) is 24.0 Å². The van der Waals surface area contributed by atoms with Crippen LogP contribution in [-0.4, -0.2) is 81.9 Å². The Kier molecular flexibility index (Phi) is 16.5. The Morgan fingerprint density at radius 1 is 0.393 bits per heavy atom. The standard InChI is InChI=1S/C50H58N6O5/c1-36(41-21-11-6-12-22-41)52-31-47(58)54(38(3)43-25-15-8-16-26-43)33-49(60)56(40(5)45-29-19-10-20-30-45)35-50(61)55(39(4)44-27-17-9-18-28-44)34-48(59)53(32-46(51)57)37(2)42-23-13-7-14-24-42/h6-30,36-40,52H,31-35H2,1-5H3,(H2,51,57)/t36-,37-,38-,39-,40-/m0/s1. The summed E-state index contributed by atoms with van der Waals surface area (Å²) >= 11 is 0. The molecule has 0 heterocycles. The Bertz CT molecular complexity index is 2180. The average Bonchev–Trinajstić information content (AvgIpc) is 3.30. The number of nitrogens with one attached hydrogen (secondary N) is 1. The first kappa shape index (κ1) is 45.5. The fraction of sp³-hybridized carbons (Fsp3) is 0.300. The van der Waals surface area contributed by atoms with Crippen molar-refractivity contribution in [2.24, 2.45) is 5.73 Å². The molecule has 5 rings (SSSR count). The van der Waals surface area contributed by atoms with Crippen LogP contribution >= 0.6 is 0 Å². The van der Waals surface area contributed by atoms with Gasteiger partial charge in [-0.25, -0.2) is 0 Å². The zero-order valence-corrected chi connectivity index (χ0v) is 35.8. The zero-order chi connectivity index (χ0) is 43.9. The van der Waals surface area contributed by atoms with E-state index in [0.717, 1.165) is 27.8 Å². The number of benzene rings is 5. The molecule has 11 nitrogen and oxygen atoms in total. The molecule has 0 aliphatic carbocycles. The van der Waals surface area contributed by atoms with E-state index < -0.39 is 54.3 Å². The van der Waals surface area contributed by atoms with Gasteiger partial charge in [0.1, 0.15) is 19.6 Å². The molecule has 0 unspecified atom stereocenters. The summed E-state index contributed by atoms with van der Waals surface area (Å²) in [4.78, 5) is 76.6. The fourth-order valence-electron chi connectivity index (χ4n) is 7.49. The maximum absolute atomic E-state index is 14.9. The first-order valence-electron chi connectivity index (χ1n) is 20.8. The molecule has 5 amide bonds. The lowest BCUT2D eigenvalue weighted by Gasteiger charge is -2.37. The third-order valence-corrected chi connectivity index (χ3v) is 11.4. The van der Waals surface area contributed by atoms with Crippen molar-refractivity contribution in [3.63, 3.8) is 0 Å². The van der Waals surface area contributed by atoms with Crippen molar-refractivity contribution < 1.29 is 24.0 Å². The van der Waals surface area contributed by atoms with E-state index in [1.807, 2.05) is 186 Å². The van der Waals surface area contributed by atoms with Gasteiger partial charge >= 0.3 is 0 Å². The smallest absolute Gasteiger partial charge is 0.243 e. The van der Waals surface area contributed by atoms with E-state index in [1.165, 1.54) is 14.7 Å². The number of rotatable bonds is 20. The van der Waals surface area contributed by atoms with Gasteiger partial charge in [0.25, 0.3) is 0 Å². The largest absolute Gasteiger partial charge is 0.368 e. The van der Waals surface area contributed by atoms with E-state index in [1.54, 1.807) is 4.90 Å². The molecule has 0 radical (unpaired) electrons. The summed E-state index contributed by atoms with van der Waals surface area (Å²) in [6, 6.07) is 45.0. The highest BCUT2D eigenvalue weighted by atomic mass is 16.2. The van der Waals surface area contributed by atoms with E-state index in [0.29, 0.717) is 0 Å². The summed E-state index contributed by atoms with van der Waals surface area (Å²) in [6.45, 7) is 7.89. The Morgan fingerprint density at radius 3 is 0.918 bits per heavy atom. The topological polar surface area (TPSA) is 136 Å². The Hall–Kier alpha value is -6.59. The van der Waals surface area contributed by atoms with Gasteiger partial charge in [-0.05, 0) is 62.4 Å². The van der Waals surface area contributed by atoms with Crippen molar-refractivity contribution in [2.75, 3.05) is 32.7 Å². The second-order valence-electron chi connectivity index (χ2n) is 15.4. The van der Waals surface area contributed by atoms with Crippen LogP contribution in [0.3, 0.4) is 0 Å². The Balaban J connectivity index is 1.48. The van der Waals surface area contributed by atoms with Crippen LogP contribution in [0.2, 0.25) is 0 Å². The van der Waals surface area contributed by atoms with Crippen molar-refractivity contribution in [2.45, 2.75) is 64.8 Å². The minimum atomic E-state index is -0.688. The van der Waals surface area contributed by atoms with Gasteiger partial charge < -0.3 is 30.7 Å². The first-order chi connectivity index (χ1) is 29.3. The summed E-state index contributed by atoms with van der Waals surface area (Å²) in [7, 11) is 0. The van der Waals surface area contributed by atoms with Crippen molar-refractivity contribution in [1.82, 2.24) is 24.9 Å². The van der Waals surface area contributed by atoms with Crippen LogP contribution < -0.4 is 11.1 Å². The molecule has 0 spiro atoms. The molecule has 0 aliphatic rings. The number of carbonyl (C=O) groups excluding carboxylic acids is 5. The summed E-state index contributed by atoms with van der Waals surface area (Å²) in [6.07, 6.45) is 0. The van der Waals surface area contributed by atoms with Crippen LogP contribution in [-0.2, 0) is 24.0 Å². The molecule has 11 heteroatoms. The van der Waals surface area contributed by atoms with Crippen molar-refractivity contribution >= 4 is 29.5 Å². The van der Waals surface area contributed by atoms with Gasteiger partial charge in [0, 0.05) is 6.04 Å². The normalized spacial score (nSPS) is 13.5. The molecule has 5 aromatic rings. The van der Waals surface area contributed by atoms with Crippen molar-refractivity contribution in [1.29, 1.82) is 0 Å². The minimum absolute atomic E-state index is 0.0264. The predicted octanol–water partition coefficient (Wildman–Crippen LogP) is 7.18. The first-order valence-corrected chi connectivity index (χ1v) is 20.8. The van der Waals surface area contributed by atoms with E-state index in [4.69, 9.17) is 5.73 Å². The molecule has 0 aliphatic heterocycles. The average molecular weight is 823 g/mol. The Morgan fingerprint density at radius 2 is 0.639 bits per heavy atom. The number of nitrogens with two attached hydrogens (primary N) is 1. The molecule has 61 heavy (non-hydrogen) atoms. The maximum Gasteiger partial charge on any atom is 0.243 e. The van der Waals surface area contributed by atoms with Crippen LogP contribution in [0.15, 0.2) is 152 Å². The van der Waals surface area contributed by atoms with Gasteiger partial charge in [0.15, 0.2) is 0 Å². The van der Waals surface area contributed by atoms with Crippen LogP contribution in [0.4, 0.5) is 0 Å². The van der Waals surface area contributed by atoms with Crippen molar-refractivity contribution in [3.05, 3.63) is 179 Å². The van der Waals surface area contributed by atoms with Gasteiger partial charge in [0.05, 0.1) is 37.3 Å². The van der Waals surface area contributed by atoms with Crippen LogP contribution in [0.1, 0.15) is 92.6 Å². The van der Waals surface area contributed by atoms with Gasteiger partial charge in [0.2, 0.25) is 29.5 Å². The monoisotopic (exact) mass is 822 g/mol. The van der Waals surface area contributed by atoms with Crippen LogP contribution in [0.5, 0.6) is 0 Å². The highest BCUT2D eigenvalue weighted by molar-refractivity contribution is 5.92. The highest BCUT2D eigenvalue weighted by Crippen LogP contribution is 2.27. The molecule has 5 atom stereocenters. The number of hydrogen-bond donors (Lipinski definition) is 2. The lowest BCUT2D eigenvalue weighted by Crippen LogP contribution is -2.52. The third-order valence-electron chi connectivity index (χ3n) is 11.4. The molecule has 5 aromatic carbocycles. The van der Waals surface area contributed by atoms with Gasteiger partial charge in [-0.1, -0.05) is 152 Å². The van der Waals surface area contributed by atoms with Crippen molar-refractivity contribution in [3.8, 4) is 0 Å². The number of hydrogen-bond acceptors (Lipinski definition) is 6. The highest BCUT2D eigenvalue weighted by Gasteiger charge is 2.34.